The first-order valence-electron chi connectivity index (χ1n) is 8.28. The molecule has 2 heterocycles. The van der Waals surface area contributed by atoms with E-state index in [4.69, 9.17) is 0 Å². The number of amides is 1. The van der Waals surface area contributed by atoms with Crippen LogP contribution >= 0.6 is 0 Å². The first-order chi connectivity index (χ1) is 11.2. The molecule has 0 spiro atoms. The van der Waals surface area contributed by atoms with E-state index >= 15 is 0 Å². The highest BCUT2D eigenvalue weighted by Gasteiger charge is 2.47. The summed E-state index contributed by atoms with van der Waals surface area (Å²) in [5.41, 5.74) is 1.37. The van der Waals surface area contributed by atoms with Gasteiger partial charge in [0, 0.05) is 17.6 Å². The van der Waals surface area contributed by atoms with Gasteiger partial charge in [0.2, 0.25) is 0 Å². The second-order valence-corrected chi connectivity index (χ2v) is 6.66. The number of carboxylic acid groups (broad SMARTS) is 1. The van der Waals surface area contributed by atoms with Crippen LogP contribution in [0.25, 0.3) is 10.9 Å². The summed E-state index contributed by atoms with van der Waals surface area (Å²) in [6, 6.07) is 6.89. The molecule has 1 saturated heterocycles. The Morgan fingerprint density at radius 1 is 1.17 bits per heavy atom. The van der Waals surface area contributed by atoms with Gasteiger partial charge in [-0.3, -0.25) is 4.79 Å². The summed E-state index contributed by atoms with van der Waals surface area (Å²) in [7, 11) is 0. The third kappa shape index (κ3) is 2.22. The maximum absolute atomic E-state index is 13.2. The number of hydrogen-bond acceptors (Lipinski definition) is 2. The molecule has 0 unspecified atom stereocenters. The van der Waals surface area contributed by atoms with Crippen molar-refractivity contribution in [2.24, 2.45) is 5.92 Å². The summed E-state index contributed by atoms with van der Waals surface area (Å²) in [4.78, 5) is 29.6. The van der Waals surface area contributed by atoms with Crippen LogP contribution in [0, 0.1) is 5.92 Å². The molecule has 1 aliphatic carbocycles. The van der Waals surface area contributed by atoms with Crippen LogP contribution < -0.4 is 0 Å². The number of aliphatic carboxylic acids is 1. The van der Waals surface area contributed by atoms with Gasteiger partial charge in [0.25, 0.3) is 5.91 Å². The van der Waals surface area contributed by atoms with Crippen molar-refractivity contribution in [3.8, 4) is 0 Å². The standard InChI is InChI=1S/C18H20N2O3/c21-17(13-6-3-5-11-8-9-19-16(11)13)20-14-7-2-1-4-12(14)10-15(20)18(22)23/h3,5-6,8-9,12,14-15,19H,1-2,4,7,10H2,(H,22,23)/t12-,14+,15+/m1/s1. The van der Waals surface area contributed by atoms with Gasteiger partial charge in [0.1, 0.15) is 6.04 Å². The summed E-state index contributed by atoms with van der Waals surface area (Å²) in [6.45, 7) is 0. The van der Waals surface area contributed by atoms with Gasteiger partial charge in [-0.2, -0.15) is 0 Å². The highest BCUT2D eigenvalue weighted by molar-refractivity contribution is 6.07. The van der Waals surface area contributed by atoms with E-state index in [1.807, 2.05) is 24.4 Å². The smallest absolute Gasteiger partial charge is 0.326 e. The molecular weight excluding hydrogens is 292 g/mol. The van der Waals surface area contributed by atoms with E-state index in [0.717, 1.165) is 36.6 Å². The molecule has 5 heteroatoms. The van der Waals surface area contributed by atoms with E-state index < -0.39 is 12.0 Å². The molecule has 1 aromatic heterocycles. The van der Waals surface area contributed by atoms with Crippen LogP contribution in [0.1, 0.15) is 42.5 Å². The summed E-state index contributed by atoms with van der Waals surface area (Å²) in [5.74, 6) is -0.706. The zero-order valence-electron chi connectivity index (χ0n) is 12.9. The molecule has 1 saturated carbocycles. The molecule has 5 nitrogen and oxygen atoms in total. The lowest BCUT2D eigenvalue weighted by Gasteiger charge is -2.33. The first kappa shape index (κ1) is 14.3. The molecule has 0 radical (unpaired) electrons. The van der Waals surface area contributed by atoms with E-state index in [9.17, 15) is 14.7 Å². The van der Waals surface area contributed by atoms with E-state index in [-0.39, 0.29) is 11.9 Å². The minimum Gasteiger partial charge on any atom is -0.480 e. The van der Waals surface area contributed by atoms with Gasteiger partial charge >= 0.3 is 5.97 Å². The fourth-order valence-electron chi connectivity index (χ4n) is 4.37. The van der Waals surface area contributed by atoms with Gasteiger partial charge in [-0.1, -0.05) is 25.0 Å². The number of para-hydroxylation sites is 1. The van der Waals surface area contributed by atoms with Crippen molar-refractivity contribution in [2.75, 3.05) is 0 Å². The fraction of sp³-hybridized carbons (Fsp3) is 0.444. The molecule has 120 valence electrons. The van der Waals surface area contributed by atoms with Crippen LogP contribution in [0.3, 0.4) is 0 Å². The number of aromatic nitrogens is 1. The molecule has 3 atom stereocenters. The van der Waals surface area contributed by atoms with E-state index in [1.165, 1.54) is 0 Å². The van der Waals surface area contributed by atoms with Gasteiger partial charge in [-0.05, 0) is 37.3 Å². The normalized spacial score (nSPS) is 27.1. The van der Waals surface area contributed by atoms with E-state index in [2.05, 4.69) is 4.98 Å². The topological polar surface area (TPSA) is 73.4 Å². The van der Waals surface area contributed by atoms with Crippen molar-refractivity contribution >= 4 is 22.8 Å². The number of fused-ring (bicyclic) bond motifs is 2. The van der Waals surface area contributed by atoms with Gasteiger partial charge in [0.15, 0.2) is 0 Å². The fourth-order valence-corrected chi connectivity index (χ4v) is 4.37. The average Bonchev–Trinajstić information content (AvgIpc) is 3.18. The lowest BCUT2D eigenvalue weighted by Crippen LogP contribution is -2.46. The van der Waals surface area contributed by atoms with Gasteiger partial charge in [-0.15, -0.1) is 0 Å². The van der Waals surface area contributed by atoms with Gasteiger partial charge in [0.05, 0.1) is 11.1 Å². The molecule has 1 aliphatic heterocycles. The molecular formula is C18H20N2O3. The summed E-state index contributed by atoms with van der Waals surface area (Å²) in [5, 5.41) is 10.6. The number of carboxylic acids is 1. The third-order valence-corrected chi connectivity index (χ3v) is 5.43. The van der Waals surface area contributed by atoms with Crippen molar-refractivity contribution < 1.29 is 14.7 Å². The number of benzene rings is 1. The summed E-state index contributed by atoms with van der Waals surface area (Å²) in [6.07, 6.45) is 6.56. The summed E-state index contributed by atoms with van der Waals surface area (Å²) >= 11 is 0. The predicted octanol–water partition coefficient (Wildman–Crippen LogP) is 3.03. The van der Waals surface area contributed by atoms with Crippen LogP contribution in [0.4, 0.5) is 0 Å². The van der Waals surface area contributed by atoms with E-state index in [0.29, 0.717) is 17.9 Å². The highest BCUT2D eigenvalue weighted by atomic mass is 16.4. The van der Waals surface area contributed by atoms with Crippen LogP contribution in [-0.2, 0) is 4.79 Å². The monoisotopic (exact) mass is 312 g/mol. The molecule has 2 N–H and O–H groups in total. The Hall–Kier alpha value is -2.30. The molecule has 1 aromatic carbocycles. The molecule has 4 rings (SSSR count). The Morgan fingerprint density at radius 3 is 2.83 bits per heavy atom. The Kier molecular flexibility index (Phi) is 3.36. The minimum atomic E-state index is -0.883. The molecule has 2 aromatic rings. The average molecular weight is 312 g/mol. The van der Waals surface area contributed by atoms with E-state index in [1.54, 1.807) is 11.0 Å². The number of likely N-dealkylation sites (tertiary alicyclic amines) is 1. The number of nitrogens with zero attached hydrogens (tertiary/aromatic N) is 1. The van der Waals surface area contributed by atoms with Crippen LogP contribution in [0.2, 0.25) is 0 Å². The SMILES string of the molecule is O=C(O)[C@@H]1C[C@H]2CCCC[C@@H]2N1C(=O)c1cccc2cc[nH]c12. The largest absolute Gasteiger partial charge is 0.480 e. The highest BCUT2D eigenvalue weighted by Crippen LogP contribution is 2.40. The molecule has 0 bridgehead atoms. The summed E-state index contributed by atoms with van der Waals surface area (Å²) < 4.78 is 0. The Balaban J connectivity index is 1.75. The number of hydrogen-bond donors (Lipinski definition) is 2. The molecule has 2 aliphatic rings. The minimum absolute atomic E-state index is 0.0718. The van der Waals surface area contributed by atoms with Crippen LogP contribution in [0.15, 0.2) is 30.5 Å². The lowest BCUT2D eigenvalue weighted by molar-refractivity contribution is -0.141. The maximum atomic E-state index is 13.2. The molecule has 23 heavy (non-hydrogen) atoms. The Labute approximate surface area is 134 Å². The zero-order valence-corrected chi connectivity index (χ0v) is 12.9. The molecule has 2 fully saturated rings. The number of aromatic amines is 1. The second kappa shape index (κ2) is 5.41. The van der Waals surface area contributed by atoms with Crippen molar-refractivity contribution in [2.45, 2.75) is 44.2 Å². The van der Waals surface area contributed by atoms with Crippen molar-refractivity contribution in [1.82, 2.24) is 9.88 Å². The second-order valence-electron chi connectivity index (χ2n) is 6.66. The number of H-pyrrole nitrogens is 1. The lowest BCUT2D eigenvalue weighted by atomic mass is 9.84. The zero-order chi connectivity index (χ0) is 16.0. The third-order valence-electron chi connectivity index (χ3n) is 5.43. The molecule has 1 amide bonds. The van der Waals surface area contributed by atoms with Crippen LogP contribution in [-0.4, -0.2) is 39.0 Å². The van der Waals surface area contributed by atoms with Crippen molar-refractivity contribution in [3.63, 3.8) is 0 Å². The van der Waals surface area contributed by atoms with Gasteiger partial charge < -0.3 is 15.0 Å². The van der Waals surface area contributed by atoms with Gasteiger partial charge in [-0.25, -0.2) is 4.79 Å². The first-order valence-corrected chi connectivity index (χ1v) is 8.28. The number of nitrogens with one attached hydrogen (secondary N) is 1. The number of rotatable bonds is 2. The quantitative estimate of drug-likeness (QED) is 0.895. The van der Waals surface area contributed by atoms with Crippen LogP contribution in [0.5, 0.6) is 0 Å². The Bertz CT molecular complexity index is 766. The van der Waals surface area contributed by atoms with Crippen molar-refractivity contribution in [1.29, 1.82) is 0 Å². The Morgan fingerprint density at radius 2 is 2.00 bits per heavy atom. The number of carbonyl (C=O) groups excluding carboxylic acids is 1. The predicted molar refractivity (Wildman–Crippen MR) is 86.3 cm³/mol. The van der Waals surface area contributed by atoms with Crippen molar-refractivity contribution in [3.05, 3.63) is 36.0 Å². The maximum Gasteiger partial charge on any atom is 0.326 e. The number of carbonyl (C=O) groups is 2.